The van der Waals surface area contributed by atoms with E-state index in [0.717, 1.165) is 0 Å². The van der Waals surface area contributed by atoms with Crippen LogP contribution in [-0.2, 0) is 43.0 Å². The van der Waals surface area contributed by atoms with Crippen molar-refractivity contribution < 1.29 is 43.0 Å². The van der Waals surface area contributed by atoms with Gasteiger partial charge in [0.05, 0.1) is 26.3 Å². The Kier molecular flexibility index (Phi) is 6.81. The Hall–Kier alpha value is -4.38. The van der Waals surface area contributed by atoms with Gasteiger partial charge in [0, 0.05) is 51.1 Å². The molecule has 0 spiro atoms. The number of methoxy groups -OCH3 is 2. The van der Waals surface area contributed by atoms with E-state index in [0.29, 0.717) is 5.57 Å². The minimum absolute atomic E-state index is 0.0176. The molecular formula is C30H30N2O9. The molecule has 0 unspecified atom stereocenters. The summed E-state index contributed by atoms with van der Waals surface area (Å²) in [5.41, 5.74) is 1.17. The average molecular weight is 563 g/mol. The van der Waals surface area contributed by atoms with E-state index in [1.54, 1.807) is 31.9 Å². The number of likely N-dealkylation sites (N-methyl/N-ethyl adjacent to an activating group) is 1. The minimum atomic E-state index is -1.17. The fourth-order valence-corrected chi connectivity index (χ4v) is 6.24. The number of hydrogen-bond donors (Lipinski definition) is 0. The Balaban J connectivity index is 1.72. The number of carbonyl (C=O) groups is 6. The molecule has 0 N–H and O–H groups in total. The number of hydrogen-bond acceptors (Lipinski definition) is 10. The molecule has 1 fully saturated rings. The Morgan fingerprint density at radius 1 is 0.951 bits per heavy atom. The molecule has 1 amide bonds. The molecule has 5 rings (SSSR count). The van der Waals surface area contributed by atoms with E-state index >= 15 is 0 Å². The lowest BCUT2D eigenvalue weighted by atomic mass is 9.72. The lowest BCUT2D eigenvalue weighted by molar-refractivity contribution is -0.149. The van der Waals surface area contributed by atoms with Crippen molar-refractivity contribution in [1.29, 1.82) is 0 Å². The van der Waals surface area contributed by atoms with Crippen LogP contribution in [0.4, 0.5) is 0 Å². The highest BCUT2D eigenvalue weighted by atomic mass is 16.5. The first-order chi connectivity index (χ1) is 19.4. The summed E-state index contributed by atoms with van der Waals surface area (Å²) in [7, 11) is 4.25. The van der Waals surface area contributed by atoms with Crippen LogP contribution in [-0.4, -0.2) is 90.8 Å². The third-order valence-corrected chi connectivity index (χ3v) is 8.52. The van der Waals surface area contributed by atoms with Crippen LogP contribution in [0.5, 0.6) is 0 Å². The standard InChI is InChI=1S/C30H30N2O9/c1-8-12(2)30(38)41-11-19-20-15(23(33)13(3)27(39-6)25(20)35)9-17-22-21-16(10-18(31(22)5)29(37)32(17)19)24(34)14(4)28(40-7)26(21)36/h8-9,18-19,22H,10-11H2,1-7H3/b12-8-/t18-,19-,22+/m0/s1. The van der Waals surface area contributed by atoms with Crippen molar-refractivity contribution >= 4 is 35.0 Å². The summed E-state index contributed by atoms with van der Waals surface area (Å²) >= 11 is 0. The first-order valence-corrected chi connectivity index (χ1v) is 13.1. The van der Waals surface area contributed by atoms with E-state index in [2.05, 4.69) is 0 Å². The van der Waals surface area contributed by atoms with Gasteiger partial charge in [-0.25, -0.2) is 4.79 Å². The monoisotopic (exact) mass is 562 g/mol. The Morgan fingerprint density at radius 3 is 2.12 bits per heavy atom. The maximum Gasteiger partial charge on any atom is 0.333 e. The van der Waals surface area contributed by atoms with Gasteiger partial charge in [0.1, 0.15) is 12.6 Å². The van der Waals surface area contributed by atoms with Crippen LogP contribution in [0.2, 0.25) is 0 Å². The van der Waals surface area contributed by atoms with Crippen molar-refractivity contribution in [1.82, 2.24) is 9.80 Å². The first kappa shape index (κ1) is 28.2. The van der Waals surface area contributed by atoms with Crippen molar-refractivity contribution in [3.63, 3.8) is 0 Å². The van der Waals surface area contributed by atoms with Gasteiger partial charge in [-0.05, 0) is 40.8 Å². The summed E-state index contributed by atoms with van der Waals surface area (Å²) in [6.07, 6.45) is 2.97. The molecule has 0 aromatic heterocycles. The number of rotatable bonds is 5. The maximum absolute atomic E-state index is 14.1. The quantitative estimate of drug-likeness (QED) is 0.275. The van der Waals surface area contributed by atoms with E-state index in [4.69, 9.17) is 14.2 Å². The fraction of sp³-hybridized carbons (Fsp3) is 0.400. The summed E-state index contributed by atoms with van der Waals surface area (Å²) in [5.74, 6) is -3.30. The predicted octanol–water partition coefficient (Wildman–Crippen LogP) is 1.41. The molecule has 3 atom stereocenters. The van der Waals surface area contributed by atoms with Gasteiger partial charge in [-0.3, -0.25) is 28.9 Å². The van der Waals surface area contributed by atoms with Crippen LogP contribution in [0.25, 0.3) is 0 Å². The normalized spacial score (nSPS) is 26.8. The Labute approximate surface area is 236 Å². The molecule has 2 bridgehead atoms. The number of nitrogens with zero attached hydrogens (tertiary/aromatic N) is 2. The Morgan fingerprint density at radius 2 is 1.54 bits per heavy atom. The van der Waals surface area contributed by atoms with E-state index < -0.39 is 54.0 Å². The van der Waals surface area contributed by atoms with E-state index in [1.807, 2.05) is 0 Å². The number of fused-ring (bicyclic) bond motifs is 5. The van der Waals surface area contributed by atoms with E-state index in [-0.39, 0.29) is 62.9 Å². The summed E-state index contributed by atoms with van der Waals surface area (Å²) in [5, 5.41) is 0. The van der Waals surface area contributed by atoms with Gasteiger partial charge < -0.3 is 19.1 Å². The van der Waals surface area contributed by atoms with Crippen LogP contribution in [0, 0.1) is 0 Å². The fourth-order valence-electron chi connectivity index (χ4n) is 6.24. The number of carbonyl (C=O) groups excluding carboxylic acids is 6. The molecule has 3 heterocycles. The zero-order chi connectivity index (χ0) is 30.1. The molecule has 0 radical (unpaired) electrons. The van der Waals surface area contributed by atoms with Gasteiger partial charge in [-0.15, -0.1) is 0 Å². The summed E-state index contributed by atoms with van der Waals surface area (Å²) in [6, 6.07) is -2.93. The van der Waals surface area contributed by atoms with Crippen molar-refractivity contribution in [2.75, 3.05) is 27.9 Å². The number of piperazine rings is 1. The third kappa shape index (κ3) is 3.82. The van der Waals surface area contributed by atoms with Crippen molar-refractivity contribution in [3.8, 4) is 0 Å². The number of Topliss-reactive ketones (excluding diaryl/α,β-unsaturated/α-hetero) is 4. The number of esters is 1. The topological polar surface area (TPSA) is 137 Å². The lowest BCUT2D eigenvalue weighted by Crippen LogP contribution is -2.67. The van der Waals surface area contributed by atoms with E-state index in [1.165, 1.54) is 39.0 Å². The molecule has 11 heteroatoms. The molecule has 1 saturated heterocycles. The van der Waals surface area contributed by atoms with Gasteiger partial charge in [0.15, 0.2) is 23.1 Å². The van der Waals surface area contributed by atoms with Crippen LogP contribution in [0.15, 0.2) is 68.4 Å². The van der Waals surface area contributed by atoms with Crippen LogP contribution in [0.3, 0.4) is 0 Å². The smallest absolute Gasteiger partial charge is 0.333 e. The molecule has 0 saturated carbocycles. The predicted molar refractivity (Wildman–Crippen MR) is 143 cm³/mol. The molecule has 2 aliphatic carbocycles. The second-order valence-corrected chi connectivity index (χ2v) is 10.5. The highest BCUT2D eigenvalue weighted by Crippen LogP contribution is 2.47. The lowest BCUT2D eigenvalue weighted by Gasteiger charge is -2.53. The van der Waals surface area contributed by atoms with Crippen molar-refractivity contribution in [2.45, 2.75) is 52.2 Å². The number of amides is 1. The summed E-state index contributed by atoms with van der Waals surface area (Å²) in [4.78, 5) is 84.1. The second kappa shape index (κ2) is 9.91. The highest BCUT2D eigenvalue weighted by Gasteiger charge is 2.57. The number of ketones is 4. The molecule has 214 valence electrons. The van der Waals surface area contributed by atoms with Gasteiger partial charge in [-0.2, -0.15) is 0 Å². The van der Waals surface area contributed by atoms with Gasteiger partial charge in [-0.1, -0.05) is 6.08 Å². The SMILES string of the molecule is C/C=C(/C)C(=O)OC[C@H]1C2=C(C=C3[C@@H]4C5=C(C[C@@H](C(=O)N31)N4C)C(=O)C(C)=C(OC)C5=O)C(=O)C(C)=C(OC)C2=O. The minimum Gasteiger partial charge on any atom is -0.492 e. The maximum atomic E-state index is 14.1. The van der Waals surface area contributed by atoms with Crippen LogP contribution < -0.4 is 0 Å². The van der Waals surface area contributed by atoms with Crippen molar-refractivity contribution in [2.24, 2.45) is 0 Å². The van der Waals surface area contributed by atoms with Gasteiger partial charge >= 0.3 is 5.97 Å². The zero-order valence-electron chi connectivity index (χ0n) is 23.9. The molecular weight excluding hydrogens is 532 g/mol. The van der Waals surface area contributed by atoms with Crippen LogP contribution in [0.1, 0.15) is 34.1 Å². The molecule has 0 aromatic rings. The average Bonchev–Trinajstić information content (AvgIpc) is 2.95. The number of ether oxygens (including phenoxy) is 3. The van der Waals surface area contributed by atoms with Gasteiger partial charge in [0.2, 0.25) is 17.5 Å². The third-order valence-electron chi connectivity index (χ3n) is 8.52. The second-order valence-electron chi connectivity index (χ2n) is 10.5. The van der Waals surface area contributed by atoms with Gasteiger partial charge in [0.25, 0.3) is 0 Å². The summed E-state index contributed by atoms with van der Waals surface area (Å²) < 4.78 is 16.1. The van der Waals surface area contributed by atoms with Crippen LogP contribution >= 0.6 is 0 Å². The van der Waals surface area contributed by atoms with E-state index in [9.17, 15) is 28.8 Å². The first-order valence-electron chi connectivity index (χ1n) is 13.1. The molecule has 5 aliphatic rings. The Bertz CT molecular complexity index is 1560. The number of allylic oxidation sites excluding steroid dienone is 7. The molecule has 41 heavy (non-hydrogen) atoms. The zero-order valence-corrected chi connectivity index (χ0v) is 23.9. The molecule has 11 nitrogen and oxygen atoms in total. The van der Waals surface area contributed by atoms with Crippen molar-refractivity contribution in [3.05, 3.63) is 68.4 Å². The molecule has 3 aliphatic heterocycles. The highest BCUT2D eigenvalue weighted by molar-refractivity contribution is 6.27. The largest absolute Gasteiger partial charge is 0.492 e. The summed E-state index contributed by atoms with van der Waals surface area (Å²) in [6.45, 7) is 5.79. The molecule has 0 aromatic carbocycles.